The summed E-state index contributed by atoms with van der Waals surface area (Å²) in [4.78, 5) is 7.59. The molecule has 0 radical (unpaired) electrons. The van der Waals surface area contributed by atoms with Gasteiger partial charge in [-0.15, -0.1) is 11.3 Å². The van der Waals surface area contributed by atoms with E-state index in [0.717, 1.165) is 17.3 Å². The minimum atomic E-state index is 0.459. The number of thiophene rings is 1. The summed E-state index contributed by atoms with van der Waals surface area (Å²) in [5, 5.41) is 4.67. The van der Waals surface area contributed by atoms with Crippen molar-refractivity contribution in [3.05, 3.63) is 21.9 Å². The van der Waals surface area contributed by atoms with E-state index in [0.29, 0.717) is 18.0 Å². The van der Waals surface area contributed by atoms with Crippen LogP contribution in [0.2, 0.25) is 0 Å². The summed E-state index contributed by atoms with van der Waals surface area (Å²) in [7, 11) is 0. The standard InChI is InChI=1S/C14H22N2S2/c1-9(2)13-8-17-14(16-13)15-10(3)7-12-6-5-11(4)18-12/h5-6,9-10,13H,7-8H2,1-4H3,(H,15,16)/t10?,13-/m1/s1. The molecule has 0 saturated heterocycles. The van der Waals surface area contributed by atoms with Gasteiger partial charge in [0.15, 0.2) is 5.17 Å². The Morgan fingerprint density at radius 1 is 1.39 bits per heavy atom. The first-order valence-electron chi connectivity index (χ1n) is 6.57. The van der Waals surface area contributed by atoms with Gasteiger partial charge in [-0.2, -0.15) is 0 Å². The monoisotopic (exact) mass is 282 g/mol. The molecule has 1 N–H and O–H groups in total. The van der Waals surface area contributed by atoms with Gasteiger partial charge in [0.25, 0.3) is 0 Å². The molecule has 0 aliphatic carbocycles. The maximum absolute atomic E-state index is 4.75. The minimum absolute atomic E-state index is 0.459. The Kier molecular flexibility index (Phi) is 4.73. The van der Waals surface area contributed by atoms with E-state index >= 15 is 0 Å². The lowest BCUT2D eigenvalue weighted by Gasteiger charge is -2.13. The van der Waals surface area contributed by atoms with Crippen molar-refractivity contribution in [3.8, 4) is 0 Å². The van der Waals surface area contributed by atoms with E-state index < -0.39 is 0 Å². The molecule has 0 fully saturated rings. The van der Waals surface area contributed by atoms with Crippen molar-refractivity contribution < 1.29 is 0 Å². The van der Waals surface area contributed by atoms with Crippen molar-refractivity contribution in [1.82, 2.24) is 5.32 Å². The van der Waals surface area contributed by atoms with Crippen LogP contribution < -0.4 is 5.32 Å². The fraction of sp³-hybridized carbons (Fsp3) is 0.643. The topological polar surface area (TPSA) is 24.4 Å². The molecule has 0 aromatic carbocycles. The SMILES string of the molecule is Cc1ccc(CC(C)NC2=N[C@@H](C(C)C)CS2)s1. The first kappa shape index (κ1) is 13.9. The molecule has 100 valence electrons. The summed E-state index contributed by atoms with van der Waals surface area (Å²) >= 11 is 3.76. The van der Waals surface area contributed by atoms with Crippen LogP contribution in [0.3, 0.4) is 0 Å². The molecule has 0 bridgehead atoms. The van der Waals surface area contributed by atoms with Gasteiger partial charge >= 0.3 is 0 Å². The molecule has 2 rings (SSSR count). The van der Waals surface area contributed by atoms with Crippen LogP contribution in [-0.2, 0) is 6.42 Å². The van der Waals surface area contributed by atoms with Crippen molar-refractivity contribution in [3.63, 3.8) is 0 Å². The van der Waals surface area contributed by atoms with Crippen LogP contribution in [0.25, 0.3) is 0 Å². The Bertz CT molecular complexity index is 423. The molecule has 2 nitrogen and oxygen atoms in total. The zero-order valence-electron chi connectivity index (χ0n) is 11.6. The molecule has 4 heteroatoms. The number of nitrogens with zero attached hydrogens (tertiary/aromatic N) is 1. The molecule has 0 spiro atoms. The fourth-order valence-corrected chi connectivity index (χ4v) is 4.27. The first-order valence-corrected chi connectivity index (χ1v) is 8.37. The van der Waals surface area contributed by atoms with Gasteiger partial charge in [0, 0.05) is 28.0 Å². The largest absolute Gasteiger partial charge is 0.362 e. The van der Waals surface area contributed by atoms with Crippen molar-refractivity contribution in [1.29, 1.82) is 0 Å². The Hall–Kier alpha value is -0.480. The van der Waals surface area contributed by atoms with Gasteiger partial charge in [0.05, 0.1) is 6.04 Å². The molecular weight excluding hydrogens is 260 g/mol. The van der Waals surface area contributed by atoms with Gasteiger partial charge in [-0.1, -0.05) is 25.6 Å². The molecule has 18 heavy (non-hydrogen) atoms. The van der Waals surface area contributed by atoms with Crippen LogP contribution in [0, 0.1) is 12.8 Å². The lowest BCUT2D eigenvalue weighted by atomic mass is 10.1. The van der Waals surface area contributed by atoms with Gasteiger partial charge in [0.1, 0.15) is 0 Å². The molecule has 0 saturated carbocycles. The van der Waals surface area contributed by atoms with Crippen LogP contribution >= 0.6 is 23.1 Å². The number of amidine groups is 1. The van der Waals surface area contributed by atoms with Crippen LogP contribution in [0.15, 0.2) is 17.1 Å². The van der Waals surface area contributed by atoms with Gasteiger partial charge in [0.2, 0.25) is 0 Å². The fourth-order valence-electron chi connectivity index (χ4n) is 1.97. The quantitative estimate of drug-likeness (QED) is 0.910. The Morgan fingerprint density at radius 2 is 2.17 bits per heavy atom. The normalized spacial score (nSPS) is 21.2. The molecule has 1 unspecified atom stereocenters. The van der Waals surface area contributed by atoms with Crippen LogP contribution in [-0.4, -0.2) is 23.0 Å². The molecule has 1 aromatic rings. The highest BCUT2D eigenvalue weighted by atomic mass is 32.2. The Morgan fingerprint density at radius 3 is 2.72 bits per heavy atom. The molecule has 1 aliphatic heterocycles. The zero-order chi connectivity index (χ0) is 13.1. The predicted octanol–water partition coefficient (Wildman–Crippen LogP) is 3.70. The highest BCUT2D eigenvalue weighted by molar-refractivity contribution is 8.14. The van der Waals surface area contributed by atoms with E-state index in [1.165, 1.54) is 9.75 Å². The van der Waals surface area contributed by atoms with Crippen LogP contribution in [0.1, 0.15) is 30.5 Å². The molecule has 1 aromatic heterocycles. The molecule has 0 amide bonds. The van der Waals surface area contributed by atoms with Crippen molar-refractivity contribution in [2.75, 3.05) is 5.75 Å². The maximum atomic E-state index is 4.75. The average molecular weight is 282 g/mol. The minimum Gasteiger partial charge on any atom is -0.362 e. The van der Waals surface area contributed by atoms with Crippen LogP contribution in [0.4, 0.5) is 0 Å². The summed E-state index contributed by atoms with van der Waals surface area (Å²) in [6.07, 6.45) is 1.09. The number of hydrogen-bond acceptors (Lipinski definition) is 4. The zero-order valence-corrected chi connectivity index (χ0v) is 13.2. The van der Waals surface area contributed by atoms with E-state index in [-0.39, 0.29) is 0 Å². The smallest absolute Gasteiger partial charge is 0.157 e. The third-order valence-corrected chi connectivity index (χ3v) is 5.14. The number of aliphatic imine (C=N–C) groups is 1. The Balaban J connectivity index is 1.85. The molecule has 2 atom stereocenters. The Labute approximate surface area is 118 Å². The maximum Gasteiger partial charge on any atom is 0.157 e. The molecule has 1 aliphatic rings. The van der Waals surface area contributed by atoms with Crippen molar-refractivity contribution in [2.45, 2.75) is 46.2 Å². The van der Waals surface area contributed by atoms with E-state index in [1.54, 1.807) is 0 Å². The van der Waals surface area contributed by atoms with E-state index in [9.17, 15) is 0 Å². The second-order valence-electron chi connectivity index (χ2n) is 5.32. The average Bonchev–Trinajstić information content (AvgIpc) is 2.88. The number of nitrogens with one attached hydrogen (secondary N) is 1. The number of aryl methyl sites for hydroxylation is 1. The van der Waals surface area contributed by atoms with Crippen molar-refractivity contribution >= 4 is 28.3 Å². The van der Waals surface area contributed by atoms with Gasteiger partial charge in [-0.3, -0.25) is 4.99 Å². The van der Waals surface area contributed by atoms with Crippen molar-refractivity contribution in [2.24, 2.45) is 10.9 Å². The second kappa shape index (κ2) is 6.11. The highest BCUT2D eigenvalue weighted by Gasteiger charge is 2.21. The number of hydrogen-bond donors (Lipinski definition) is 1. The number of thioether (sulfide) groups is 1. The van der Waals surface area contributed by atoms with E-state index in [1.807, 2.05) is 23.1 Å². The summed E-state index contributed by atoms with van der Waals surface area (Å²) < 4.78 is 0. The molecular formula is C14H22N2S2. The van der Waals surface area contributed by atoms with E-state index in [4.69, 9.17) is 4.99 Å². The second-order valence-corrected chi connectivity index (χ2v) is 7.70. The van der Waals surface area contributed by atoms with Gasteiger partial charge in [-0.25, -0.2) is 0 Å². The predicted molar refractivity (Wildman–Crippen MR) is 83.9 cm³/mol. The van der Waals surface area contributed by atoms with Gasteiger partial charge < -0.3 is 5.32 Å². The molecule has 2 heterocycles. The third-order valence-electron chi connectivity index (χ3n) is 3.12. The highest BCUT2D eigenvalue weighted by Crippen LogP contribution is 2.23. The van der Waals surface area contributed by atoms with Crippen LogP contribution in [0.5, 0.6) is 0 Å². The third kappa shape index (κ3) is 3.75. The lowest BCUT2D eigenvalue weighted by molar-refractivity contribution is 0.540. The van der Waals surface area contributed by atoms with E-state index in [2.05, 4.69) is 45.1 Å². The summed E-state index contributed by atoms with van der Waals surface area (Å²) in [5.74, 6) is 1.78. The first-order chi connectivity index (χ1) is 8.54. The summed E-state index contributed by atoms with van der Waals surface area (Å²) in [6, 6.07) is 5.39. The summed E-state index contributed by atoms with van der Waals surface area (Å²) in [6.45, 7) is 8.89. The number of rotatable bonds is 4. The van der Waals surface area contributed by atoms with Gasteiger partial charge in [-0.05, 0) is 31.9 Å². The summed E-state index contributed by atoms with van der Waals surface area (Å²) in [5.41, 5.74) is 0. The lowest BCUT2D eigenvalue weighted by Crippen LogP contribution is -2.31.